The molecule has 6 heteroatoms. The van der Waals surface area contributed by atoms with Crippen molar-refractivity contribution < 1.29 is 9.72 Å². The van der Waals surface area contributed by atoms with E-state index in [9.17, 15) is 14.9 Å². The van der Waals surface area contributed by atoms with E-state index in [1.807, 2.05) is 0 Å². The van der Waals surface area contributed by atoms with Crippen LogP contribution in [0.25, 0.3) is 0 Å². The number of carbonyl (C=O) groups excluding carboxylic acids is 1. The normalized spacial score (nSPS) is 10.7. The topological polar surface area (TPSA) is 98.3 Å². The molecule has 0 radical (unpaired) electrons. The Morgan fingerprint density at radius 2 is 2.30 bits per heavy atom. The van der Waals surface area contributed by atoms with Crippen molar-refractivity contribution in [3.63, 3.8) is 0 Å². The molecule has 0 fully saturated rings. The third-order valence-electron chi connectivity index (χ3n) is 0.730. The smallest absolute Gasteiger partial charge is 0.348 e. The first-order chi connectivity index (χ1) is 4.59. The van der Waals surface area contributed by atoms with E-state index in [1.165, 1.54) is 7.05 Å². The molecule has 0 aromatic rings. The van der Waals surface area contributed by atoms with Crippen molar-refractivity contribution in [2.45, 2.75) is 0 Å². The Balaban J connectivity index is 4.42. The van der Waals surface area contributed by atoms with Gasteiger partial charge in [0, 0.05) is 7.05 Å². The van der Waals surface area contributed by atoms with Gasteiger partial charge in [-0.2, -0.15) is 0 Å². The summed E-state index contributed by atoms with van der Waals surface area (Å²) in [6.45, 7) is 0. The Labute approximate surface area is 56.8 Å². The van der Waals surface area contributed by atoms with Crippen LogP contribution in [0.15, 0.2) is 11.9 Å². The monoisotopic (exact) mass is 145 g/mol. The highest BCUT2D eigenvalue weighted by Crippen LogP contribution is 1.89. The molecule has 6 nitrogen and oxygen atoms in total. The number of amides is 1. The molecule has 0 rings (SSSR count). The lowest BCUT2D eigenvalue weighted by Crippen LogP contribution is -2.21. The Hall–Kier alpha value is -1.59. The van der Waals surface area contributed by atoms with Crippen molar-refractivity contribution in [2.75, 3.05) is 7.05 Å². The van der Waals surface area contributed by atoms with Crippen molar-refractivity contribution in [3.05, 3.63) is 22.0 Å². The van der Waals surface area contributed by atoms with Gasteiger partial charge < -0.3 is 11.1 Å². The predicted molar refractivity (Wildman–Crippen MR) is 33.3 cm³/mol. The van der Waals surface area contributed by atoms with E-state index < -0.39 is 16.5 Å². The van der Waals surface area contributed by atoms with Crippen LogP contribution in [0, 0.1) is 10.1 Å². The fraction of sp³-hybridized carbons (Fsp3) is 0.250. The van der Waals surface area contributed by atoms with E-state index in [4.69, 9.17) is 0 Å². The van der Waals surface area contributed by atoms with Gasteiger partial charge in [-0.15, -0.1) is 0 Å². The van der Waals surface area contributed by atoms with Gasteiger partial charge >= 0.3 is 11.6 Å². The van der Waals surface area contributed by atoms with Crippen LogP contribution in [0.1, 0.15) is 0 Å². The van der Waals surface area contributed by atoms with E-state index in [-0.39, 0.29) is 0 Å². The molecule has 3 N–H and O–H groups in total. The summed E-state index contributed by atoms with van der Waals surface area (Å²) in [4.78, 5) is 19.3. The molecule has 10 heavy (non-hydrogen) atoms. The largest absolute Gasteiger partial charge is 0.388 e. The van der Waals surface area contributed by atoms with Gasteiger partial charge in [0.15, 0.2) is 0 Å². The lowest BCUT2D eigenvalue weighted by atomic mass is 10.5. The molecule has 0 saturated carbocycles. The Morgan fingerprint density at radius 1 is 1.80 bits per heavy atom. The molecule has 56 valence electrons. The number of primary amides is 1. The fourth-order valence-electron chi connectivity index (χ4n) is 0.351. The zero-order chi connectivity index (χ0) is 8.15. The van der Waals surface area contributed by atoms with Crippen molar-refractivity contribution in [3.8, 4) is 0 Å². The summed E-state index contributed by atoms with van der Waals surface area (Å²) in [5.41, 5.74) is 3.98. The molecule has 1 amide bonds. The van der Waals surface area contributed by atoms with E-state index in [0.717, 1.165) is 6.20 Å². The third-order valence-corrected chi connectivity index (χ3v) is 0.730. The van der Waals surface area contributed by atoms with Gasteiger partial charge in [0.05, 0.1) is 11.1 Å². The SMILES string of the molecule is CN/C=C(\C(N)=O)[N+](=O)[O-]. The quantitative estimate of drug-likeness (QED) is 0.296. The van der Waals surface area contributed by atoms with Crippen LogP contribution in [-0.4, -0.2) is 17.9 Å². The van der Waals surface area contributed by atoms with Crippen LogP contribution in [0.3, 0.4) is 0 Å². The van der Waals surface area contributed by atoms with Crippen LogP contribution in [-0.2, 0) is 4.79 Å². The van der Waals surface area contributed by atoms with Gasteiger partial charge in [-0.05, 0) is 0 Å². The second kappa shape index (κ2) is 3.44. The molecule has 0 bridgehead atoms. The average Bonchev–Trinajstić information content (AvgIpc) is 1.81. The van der Waals surface area contributed by atoms with Crippen LogP contribution in [0.5, 0.6) is 0 Å². The van der Waals surface area contributed by atoms with Gasteiger partial charge in [-0.25, -0.2) is 0 Å². The molecule has 0 aliphatic rings. The highest BCUT2D eigenvalue weighted by atomic mass is 16.6. The summed E-state index contributed by atoms with van der Waals surface area (Å²) < 4.78 is 0. The maximum absolute atomic E-state index is 10.2. The summed E-state index contributed by atoms with van der Waals surface area (Å²) in [6.07, 6.45) is 0.933. The maximum Gasteiger partial charge on any atom is 0.348 e. The number of rotatable bonds is 3. The number of nitro groups is 1. The van der Waals surface area contributed by atoms with Crippen molar-refractivity contribution in [2.24, 2.45) is 5.73 Å². The molecule has 0 aromatic carbocycles. The Morgan fingerprint density at radius 3 is 2.40 bits per heavy atom. The highest BCUT2D eigenvalue weighted by Gasteiger charge is 2.16. The summed E-state index contributed by atoms with van der Waals surface area (Å²) in [5, 5.41) is 12.3. The number of nitrogens with zero attached hydrogens (tertiary/aromatic N) is 1. The van der Waals surface area contributed by atoms with Crippen molar-refractivity contribution in [1.29, 1.82) is 0 Å². The predicted octanol–water partition coefficient (Wildman–Crippen LogP) is -1.19. The first kappa shape index (κ1) is 8.41. The standard InChI is InChI=1S/C4H7N3O3/c1-6-2-3(4(5)8)7(9)10/h2,6H,1H3,(H2,5,8)/b3-2+. The van der Waals surface area contributed by atoms with Crippen LogP contribution in [0.2, 0.25) is 0 Å². The second-order valence-electron chi connectivity index (χ2n) is 1.44. The Kier molecular flexibility index (Phi) is 2.89. The molecule has 0 saturated heterocycles. The fourth-order valence-corrected chi connectivity index (χ4v) is 0.351. The number of hydrogen-bond acceptors (Lipinski definition) is 4. The first-order valence-electron chi connectivity index (χ1n) is 2.41. The van der Waals surface area contributed by atoms with E-state index >= 15 is 0 Å². The molecule has 0 heterocycles. The molecule has 0 atom stereocenters. The number of nitrogens with two attached hydrogens (primary N) is 1. The van der Waals surface area contributed by atoms with Gasteiger partial charge in [0.1, 0.15) is 0 Å². The minimum Gasteiger partial charge on any atom is -0.388 e. The lowest BCUT2D eigenvalue weighted by Gasteiger charge is -1.90. The van der Waals surface area contributed by atoms with Crippen molar-refractivity contribution in [1.82, 2.24) is 5.32 Å². The maximum atomic E-state index is 10.2. The van der Waals surface area contributed by atoms with E-state index in [0.29, 0.717) is 0 Å². The molecular weight excluding hydrogens is 138 g/mol. The third kappa shape index (κ3) is 2.12. The highest BCUT2D eigenvalue weighted by molar-refractivity contribution is 5.89. The molecule has 0 aromatic heterocycles. The molecule has 0 unspecified atom stereocenters. The van der Waals surface area contributed by atoms with Gasteiger partial charge in [-0.3, -0.25) is 14.9 Å². The van der Waals surface area contributed by atoms with E-state index in [1.54, 1.807) is 0 Å². The minimum atomic E-state index is -1.06. The van der Waals surface area contributed by atoms with Crippen molar-refractivity contribution >= 4 is 5.91 Å². The zero-order valence-electron chi connectivity index (χ0n) is 5.33. The van der Waals surface area contributed by atoms with E-state index in [2.05, 4.69) is 11.1 Å². The van der Waals surface area contributed by atoms with Gasteiger partial charge in [0.2, 0.25) is 0 Å². The minimum absolute atomic E-state index is 0.650. The van der Waals surface area contributed by atoms with Crippen LogP contribution in [0.4, 0.5) is 0 Å². The molecular formula is C4H7N3O3. The number of carbonyl (C=O) groups is 1. The first-order valence-corrected chi connectivity index (χ1v) is 2.41. The summed E-state index contributed by atoms with van der Waals surface area (Å²) in [5.74, 6) is -1.06. The Bertz CT molecular complexity index is 170. The average molecular weight is 145 g/mol. The number of nitrogens with one attached hydrogen (secondary N) is 1. The molecule has 0 aliphatic carbocycles. The van der Waals surface area contributed by atoms with Crippen LogP contribution >= 0.6 is 0 Å². The summed E-state index contributed by atoms with van der Waals surface area (Å²) in [6, 6.07) is 0. The van der Waals surface area contributed by atoms with Gasteiger partial charge in [-0.1, -0.05) is 0 Å². The zero-order valence-corrected chi connectivity index (χ0v) is 5.33. The van der Waals surface area contributed by atoms with Gasteiger partial charge in [0.25, 0.3) is 0 Å². The second-order valence-corrected chi connectivity index (χ2v) is 1.44. The summed E-state index contributed by atoms with van der Waals surface area (Å²) >= 11 is 0. The number of hydrogen-bond donors (Lipinski definition) is 2. The molecule has 0 spiro atoms. The summed E-state index contributed by atoms with van der Waals surface area (Å²) in [7, 11) is 1.44. The molecule has 0 aliphatic heterocycles. The lowest BCUT2D eigenvalue weighted by molar-refractivity contribution is -0.419. The van der Waals surface area contributed by atoms with Crippen LogP contribution < -0.4 is 11.1 Å².